The number of aromatic nitrogens is 1. The number of para-hydroxylation sites is 1. The molecule has 0 bridgehead atoms. The van der Waals surface area contributed by atoms with Crippen molar-refractivity contribution in [3.05, 3.63) is 82.9 Å². The molecule has 5 rings (SSSR count). The van der Waals surface area contributed by atoms with Crippen LogP contribution in [0.15, 0.2) is 66.0 Å². The zero-order valence-electron chi connectivity index (χ0n) is 19.5. The Bertz CT molecular complexity index is 1390. The van der Waals surface area contributed by atoms with Gasteiger partial charge in [0.15, 0.2) is 0 Å². The standard InChI is InChI=1S/C27H27N3O3S/c1-4-18-8-7-10-21(14-18)30-24(31)22-15-19-12-13-34-25(19)29(22)17-27(30,2)26(32)28-16-20-9-5-6-11-23(20)33-3/h5-15H,4,16-17H2,1-3H3,(H,28,32)/t27-/m0/s1. The van der Waals surface area contributed by atoms with E-state index in [1.807, 2.05) is 77.5 Å². The van der Waals surface area contributed by atoms with Crippen molar-refractivity contribution < 1.29 is 14.3 Å². The van der Waals surface area contributed by atoms with Gasteiger partial charge in [-0.1, -0.05) is 37.3 Å². The molecule has 0 saturated carbocycles. The first kappa shape index (κ1) is 22.2. The molecule has 2 aromatic carbocycles. The van der Waals surface area contributed by atoms with Crippen molar-refractivity contribution in [1.82, 2.24) is 9.88 Å². The number of carbonyl (C=O) groups excluding carboxylic acids is 2. The molecule has 3 heterocycles. The number of rotatable bonds is 6. The number of anilines is 1. The molecule has 1 atom stereocenters. The maximum atomic E-state index is 13.9. The Balaban J connectivity index is 1.56. The summed E-state index contributed by atoms with van der Waals surface area (Å²) in [5.41, 5.74) is 2.22. The summed E-state index contributed by atoms with van der Waals surface area (Å²) in [5, 5.41) is 6.11. The van der Waals surface area contributed by atoms with Crippen LogP contribution in [0.3, 0.4) is 0 Å². The third kappa shape index (κ3) is 3.56. The van der Waals surface area contributed by atoms with Crippen molar-refractivity contribution >= 4 is 39.1 Å². The quantitative estimate of drug-likeness (QED) is 0.428. The largest absolute Gasteiger partial charge is 0.496 e. The van der Waals surface area contributed by atoms with Crippen LogP contribution in [0.2, 0.25) is 0 Å². The number of fused-ring (bicyclic) bond motifs is 3. The third-order valence-electron chi connectivity index (χ3n) is 6.58. The lowest BCUT2D eigenvalue weighted by atomic mass is 9.93. The van der Waals surface area contributed by atoms with Crippen molar-refractivity contribution in [3.8, 4) is 5.75 Å². The fourth-order valence-corrected chi connectivity index (χ4v) is 5.63. The summed E-state index contributed by atoms with van der Waals surface area (Å²) in [6, 6.07) is 19.4. The second-order valence-electron chi connectivity index (χ2n) is 8.73. The highest BCUT2D eigenvalue weighted by molar-refractivity contribution is 7.16. The van der Waals surface area contributed by atoms with Crippen LogP contribution < -0.4 is 15.0 Å². The van der Waals surface area contributed by atoms with E-state index in [2.05, 4.69) is 12.2 Å². The molecule has 0 fully saturated rings. The highest BCUT2D eigenvalue weighted by atomic mass is 32.1. The predicted molar refractivity (Wildman–Crippen MR) is 136 cm³/mol. The SMILES string of the molecule is CCc1cccc(N2C(=O)c3cc4ccsc4n3C[C@@]2(C)C(=O)NCc2ccccc2OC)c1. The van der Waals surface area contributed by atoms with Gasteiger partial charge in [0, 0.05) is 23.2 Å². The van der Waals surface area contributed by atoms with Crippen LogP contribution in [0.5, 0.6) is 5.75 Å². The lowest BCUT2D eigenvalue weighted by Crippen LogP contribution is -2.64. The normalized spacial score (nSPS) is 17.6. The molecule has 1 N–H and O–H groups in total. The van der Waals surface area contributed by atoms with Gasteiger partial charge in [-0.3, -0.25) is 14.5 Å². The maximum absolute atomic E-state index is 13.9. The van der Waals surface area contributed by atoms with E-state index < -0.39 is 5.54 Å². The first-order valence-corrected chi connectivity index (χ1v) is 12.2. The summed E-state index contributed by atoms with van der Waals surface area (Å²) in [4.78, 5) is 30.4. The van der Waals surface area contributed by atoms with Crippen LogP contribution in [0.1, 0.15) is 35.5 Å². The molecular formula is C27H27N3O3S. The molecule has 2 aromatic heterocycles. The van der Waals surface area contributed by atoms with Gasteiger partial charge in [0.2, 0.25) is 5.91 Å². The molecular weight excluding hydrogens is 446 g/mol. The van der Waals surface area contributed by atoms with Gasteiger partial charge in [-0.05, 0) is 54.6 Å². The summed E-state index contributed by atoms with van der Waals surface area (Å²) in [6.07, 6.45) is 0.846. The molecule has 1 aliphatic heterocycles. The van der Waals surface area contributed by atoms with Crippen LogP contribution in [-0.2, 0) is 24.3 Å². The minimum atomic E-state index is -1.12. The lowest BCUT2D eigenvalue weighted by molar-refractivity contribution is -0.126. The number of aryl methyl sites for hydroxylation is 1. The molecule has 4 aromatic rings. The molecule has 0 aliphatic carbocycles. The molecule has 7 heteroatoms. The zero-order chi connectivity index (χ0) is 23.9. The Morgan fingerprint density at radius 2 is 1.97 bits per heavy atom. The Morgan fingerprint density at radius 1 is 1.15 bits per heavy atom. The zero-order valence-corrected chi connectivity index (χ0v) is 20.3. The van der Waals surface area contributed by atoms with Gasteiger partial charge >= 0.3 is 0 Å². The molecule has 34 heavy (non-hydrogen) atoms. The van der Waals surface area contributed by atoms with Gasteiger partial charge < -0.3 is 14.6 Å². The monoisotopic (exact) mass is 473 g/mol. The number of benzene rings is 2. The van der Waals surface area contributed by atoms with Crippen molar-refractivity contribution in [2.45, 2.75) is 38.9 Å². The van der Waals surface area contributed by atoms with Gasteiger partial charge in [-0.15, -0.1) is 11.3 Å². The summed E-state index contributed by atoms with van der Waals surface area (Å²) < 4.78 is 7.43. The van der Waals surface area contributed by atoms with Gasteiger partial charge in [-0.2, -0.15) is 0 Å². The van der Waals surface area contributed by atoms with E-state index in [9.17, 15) is 9.59 Å². The number of carbonyl (C=O) groups is 2. The second-order valence-corrected chi connectivity index (χ2v) is 9.62. The predicted octanol–water partition coefficient (Wildman–Crippen LogP) is 5.01. The molecule has 0 unspecified atom stereocenters. The van der Waals surface area contributed by atoms with Gasteiger partial charge in [0.25, 0.3) is 5.91 Å². The Hall–Kier alpha value is -3.58. The first-order valence-electron chi connectivity index (χ1n) is 11.4. The molecule has 0 radical (unpaired) electrons. The number of nitrogens with one attached hydrogen (secondary N) is 1. The fraction of sp³-hybridized carbons (Fsp3) is 0.259. The van der Waals surface area contributed by atoms with Gasteiger partial charge in [-0.25, -0.2) is 0 Å². The summed E-state index contributed by atoms with van der Waals surface area (Å²) in [5.74, 6) is 0.337. The Labute approximate surface area is 202 Å². The number of amides is 2. The maximum Gasteiger partial charge on any atom is 0.275 e. The van der Waals surface area contributed by atoms with Crippen molar-refractivity contribution in [2.75, 3.05) is 12.0 Å². The molecule has 2 amide bonds. The third-order valence-corrected chi connectivity index (χ3v) is 7.53. The first-order chi connectivity index (χ1) is 16.5. The van der Waals surface area contributed by atoms with E-state index in [1.165, 1.54) is 0 Å². The highest BCUT2D eigenvalue weighted by Crippen LogP contribution is 2.37. The second kappa shape index (κ2) is 8.65. The lowest BCUT2D eigenvalue weighted by Gasteiger charge is -2.44. The van der Waals surface area contributed by atoms with Crippen molar-refractivity contribution in [1.29, 1.82) is 0 Å². The van der Waals surface area contributed by atoms with Crippen LogP contribution in [-0.4, -0.2) is 29.0 Å². The number of nitrogens with zero attached hydrogens (tertiary/aromatic N) is 2. The number of hydrogen-bond donors (Lipinski definition) is 1. The minimum Gasteiger partial charge on any atom is -0.496 e. The van der Waals surface area contributed by atoms with E-state index in [0.29, 0.717) is 24.5 Å². The van der Waals surface area contributed by atoms with Crippen LogP contribution in [0, 0.1) is 0 Å². The topological polar surface area (TPSA) is 63.6 Å². The molecule has 174 valence electrons. The average Bonchev–Trinajstić information content (AvgIpc) is 3.45. The van der Waals surface area contributed by atoms with E-state index in [-0.39, 0.29) is 11.8 Å². The Morgan fingerprint density at radius 3 is 2.76 bits per heavy atom. The van der Waals surface area contributed by atoms with Crippen molar-refractivity contribution in [3.63, 3.8) is 0 Å². The molecule has 0 spiro atoms. The summed E-state index contributed by atoms with van der Waals surface area (Å²) in [7, 11) is 1.62. The number of hydrogen-bond acceptors (Lipinski definition) is 4. The van der Waals surface area contributed by atoms with Crippen molar-refractivity contribution in [2.24, 2.45) is 0 Å². The average molecular weight is 474 g/mol. The molecule has 0 saturated heterocycles. The minimum absolute atomic E-state index is 0.169. The number of methoxy groups -OCH3 is 1. The number of thiophene rings is 1. The van der Waals surface area contributed by atoms with E-state index in [4.69, 9.17) is 4.74 Å². The fourth-order valence-electron chi connectivity index (χ4n) is 4.73. The smallest absolute Gasteiger partial charge is 0.275 e. The Kier molecular flexibility index (Phi) is 5.65. The van der Waals surface area contributed by atoms with Gasteiger partial charge in [0.1, 0.15) is 21.8 Å². The van der Waals surface area contributed by atoms with E-state index >= 15 is 0 Å². The van der Waals surface area contributed by atoms with Crippen LogP contribution in [0.4, 0.5) is 5.69 Å². The highest BCUT2D eigenvalue weighted by Gasteiger charge is 2.48. The van der Waals surface area contributed by atoms with Gasteiger partial charge in [0.05, 0.1) is 13.7 Å². The van der Waals surface area contributed by atoms with Crippen LogP contribution in [0.25, 0.3) is 10.2 Å². The van der Waals surface area contributed by atoms with E-state index in [0.717, 1.165) is 33.5 Å². The number of ether oxygens (including phenoxy) is 1. The summed E-state index contributed by atoms with van der Waals surface area (Å²) >= 11 is 1.59. The summed E-state index contributed by atoms with van der Waals surface area (Å²) in [6.45, 7) is 4.60. The molecule has 6 nitrogen and oxygen atoms in total. The molecule has 1 aliphatic rings. The van der Waals surface area contributed by atoms with Crippen LogP contribution >= 0.6 is 11.3 Å². The van der Waals surface area contributed by atoms with E-state index in [1.54, 1.807) is 23.3 Å².